The number of anilines is 1. The Morgan fingerprint density at radius 1 is 1.13 bits per heavy atom. The van der Waals surface area contributed by atoms with Crippen molar-refractivity contribution in [2.75, 3.05) is 11.9 Å². The molecule has 2 aromatic carbocycles. The first-order valence-corrected chi connectivity index (χ1v) is 7.74. The monoisotopic (exact) mass is 307 g/mol. The molecule has 0 aromatic heterocycles. The van der Waals surface area contributed by atoms with E-state index >= 15 is 0 Å². The summed E-state index contributed by atoms with van der Waals surface area (Å²) < 4.78 is 0. The lowest BCUT2D eigenvalue weighted by atomic mass is 10.1. The van der Waals surface area contributed by atoms with Crippen LogP contribution in [0.1, 0.15) is 24.5 Å². The lowest BCUT2D eigenvalue weighted by Crippen LogP contribution is -2.36. The predicted octanol–water partition coefficient (Wildman–Crippen LogP) is 3.11. The third-order valence-electron chi connectivity index (χ3n) is 3.58. The molecule has 2 aromatic rings. The summed E-state index contributed by atoms with van der Waals surface area (Å²) in [5, 5.41) is 14.8. The minimum atomic E-state index is -0.0325. The van der Waals surface area contributed by atoms with E-state index in [1.54, 1.807) is 24.3 Å². The number of rotatable bonds is 7. The topological polar surface area (TPSA) is 64.9 Å². The number of hydrogen-bond acceptors (Lipinski definition) is 3. The number of benzene rings is 2. The SMILES string of the molecule is CC(CCc1ccccc1)NC(=O)CNc1ccc(C#N)cc1. The summed E-state index contributed by atoms with van der Waals surface area (Å²) in [7, 11) is 0. The Kier molecular flexibility index (Phi) is 6.19. The highest BCUT2D eigenvalue weighted by atomic mass is 16.1. The van der Waals surface area contributed by atoms with E-state index in [2.05, 4.69) is 28.8 Å². The molecule has 0 radical (unpaired) electrons. The van der Waals surface area contributed by atoms with Crippen molar-refractivity contribution in [1.29, 1.82) is 5.26 Å². The van der Waals surface area contributed by atoms with Crippen LogP contribution in [0.4, 0.5) is 5.69 Å². The molecule has 2 N–H and O–H groups in total. The number of nitrogens with one attached hydrogen (secondary N) is 2. The van der Waals surface area contributed by atoms with Gasteiger partial charge in [-0.3, -0.25) is 4.79 Å². The molecule has 0 saturated carbocycles. The highest BCUT2D eigenvalue weighted by Crippen LogP contribution is 2.08. The fourth-order valence-electron chi connectivity index (χ4n) is 2.27. The van der Waals surface area contributed by atoms with Crippen molar-refractivity contribution in [3.8, 4) is 6.07 Å². The van der Waals surface area contributed by atoms with Crippen molar-refractivity contribution in [1.82, 2.24) is 5.32 Å². The van der Waals surface area contributed by atoms with Gasteiger partial charge in [-0.15, -0.1) is 0 Å². The quantitative estimate of drug-likeness (QED) is 0.826. The molecule has 4 nitrogen and oxygen atoms in total. The van der Waals surface area contributed by atoms with Gasteiger partial charge < -0.3 is 10.6 Å². The van der Waals surface area contributed by atoms with Crippen molar-refractivity contribution in [2.45, 2.75) is 25.8 Å². The summed E-state index contributed by atoms with van der Waals surface area (Å²) in [5.41, 5.74) is 2.72. The average molecular weight is 307 g/mol. The van der Waals surface area contributed by atoms with E-state index < -0.39 is 0 Å². The average Bonchev–Trinajstić information content (AvgIpc) is 2.59. The van der Waals surface area contributed by atoms with Gasteiger partial charge in [0.15, 0.2) is 0 Å². The molecule has 0 heterocycles. The summed E-state index contributed by atoms with van der Waals surface area (Å²) >= 11 is 0. The summed E-state index contributed by atoms with van der Waals surface area (Å²) in [5.74, 6) is -0.0325. The van der Waals surface area contributed by atoms with Crippen molar-refractivity contribution in [3.63, 3.8) is 0 Å². The second-order valence-electron chi connectivity index (χ2n) is 5.54. The molecule has 0 bridgehead atoms. The number of nitrogens with zero attached hydrogens (tertiary/aromatic N) is 1. The summed E-state index contributed by atoms with van der Waals surface area (Å²) in [6, 6.07) is 19.5. The van der Waals surface area contributed by atoms with Gasteiger partial charge in [0.25, 0.3) is 0 Å². The zero-order valence-electron chi connectivity index (χ0n) is 13.3. The highest BCUT2D eigenvalue weighted by Gasteiger charge is 2.07. The van der Waals surface area contributed by atoms with E-state index in [1.165, 1.54) is 5.56 Å². The lowest BCUT2D eigenvalue weighted by Gasteiger charge is -2.14. The Morgan fingerprint density at radius 2 is 1.83 bits per heavy atom. The lowest BCUT2D eigenvalue weighted by molar-refractivity contribution is -0.120. The van der Waals surface area contributed by atoms with Gasteiger partial charge in [0.2, 0.25) is 5.91 Å². The molecule has 1 unspecified atom stereocenters. The summed E-state index contributed by atoms with van der Waals surface area (Å²) in [6.45, 7) is 2.24. The van der Waals surface area contributed by atoms with Crippen LogP contribution >= 0.6 is 0 Å². The molecule has 0 aliphatic rings. The second kappa shape index (κ2) is 8.60. The maximum Gasteiger partial charge on any atom is 0.239 e. The molecule has 2 rings (SSSR count). The molecule has 23 heavy (non-hydrogen) atoms. The molecule has 4 heteroatoms. The largest absolute Gasteiger partial charge is 0.376 e. The highest BCUT2D eigenvalue weighted by molar-refractivity contribution is 5.80. The van der Waals surface area contributed by atoms with Gasteiger partial charge in [0.05, 0.1) is 18.2 Å². The molecule has 0 aliphatic carbocycles. The van der Waals surface area contributed by atoms with Crippen LogP contribution in [0.25, 0.3) is 0 Å². The van der Waals surface area contributed by atoms with Crippen LogP contribution in [-0.2, 0) is 11.2 Å². The van der Waals surface area contributed by atoms with E-state index in [4.69, 9.17) is 5.26 Å². The van der Waals surface area contributed by atoms with Gasteiger partial charge in [-0.25, -0.2) is 0 Å². The Labute approximate surface area is 137 Å². The maximum atomic E-state index is 11.9. The summed E-state index contributed by atoms with van der Waals surface area (Å²) in [6.07, 6.45) is 1.86. The van der Waals surface area contributed by atoms with Crippen LogP contribution in [-0.4, -0.2) is 18.5 Å². The van der Waals surface area contributed by atoms with Crippen molar-refractivity contribution in [2.24, 2.45) is 0 Å². The minimum Gasteiger partial charge on any atom is -0.376 e. The van der Waals surface area contributed by atoms with Gasteiger partial charge in [-0.05, 0) is 49.6 Å². The molecule has 1 atom stereocenters. The van der Waals surface area contributed by atoms with Crippen LogP contribution in [0, 0.1) is 11.3 Å². The number of carbonyl (C=O) groups is 1. The Morgan fingerprint density at radius 3 is 2.48 bits per heavy atom. The molecular formula is C19H21N3O. The fraction of sp³-hybridized carbons (Fsp3) is 0.263. The fourth-order valence-corrected chi connectivity index (χ4v) is 2.27. The molecule has 0 fully saturated rings. The smallest absolute Gasteiger partial charge is 0.239 e. The first-order chi connectivity index (χ1) is 11.2. The van der Waals surface area contributed by atoms with Crippen molar-refractivity contribution < 1.29 is 4.79 Å². The van der Waals surface area contributed by atoms with Crippen LogP contribution in [0.2, 0.25) is 0 Å². The molecule has 118 valence electrons. The Balaban J connectivity index is 1.70. The van der Waals surface area contributed by atoms with Crippen LogP contribution in [0.15, 0.2) is 54.6 Å². The van der Waals surface area contributed by atoms with Gasteiger partial charge in [-0.1, -0.05) is 30.3 Å². The third kappa shape index (κ3) is 5.84. The van der Waals surface area contributed by atoms with E-state index in [9.17, 15) is 4.79 Å². The van der Waals surface area contributed by atoms with Gasteiger partial charge >= 0.3 is 0 Å². The molecular weight excluding hydrogens is 286 g/mol. The van der Waals surface area contributed by atoms with Crippen LogP contribution in [0.5, 0.6) is 0 Å². The zero-order valence-corrected chi connectivity index (χ0v) is 13.3. The molecule has 0 aliphatic heterocycles. The van der Waals surface area contributed by atoms with E-state index in [0.29, 0.717) is 5.56 Å². The first-order valence-electron chi connectivity index (χ1n) is 7.74. The third-order valence-corrected chi connectivity index (χ3v) is 3.58. The van der Waals surface area contributed by atoms with Crippen LogP contribution < -0.4 is 10.6 Å². The number of carbonyl (C=O) groups excluding carboxylic acids is 1. The normalized spacial score (nSPS) is 11.3. The number of nitriles is 1. The van der Waals surface area contributed by atoms with Crippen molar-refractivity contribution >= 4 is 11.6 Å². The van der Waals surface area contributed by atoms with E-state index in [-0.39, 0.29) is 18.5 Å². The standard InChI is InChI=1S/C19H21N3O/c1-15(7-8-16-5-3-2-4-6-16)22-19(23)14-21-18-11-9-17(13-20)10-12-18/h2-6,9-12,15,21H,7-8,14H2,1H3,(H,22,23). The Hall–Kier alpha value is -2.80. The van der Waals surface area contributed by atoms with Gasteiger partial charge in [0, 0.05) is 11.7 Å². The van der Waals surface area contributed by atoms with Gasteiger partial charge in [0.1, 0.15) is 0 Å². The summed E-state index contributed by atoms with van der Waals surface area (Å²) in [4.78, 5) is 11.9. The molecule has 1 amide bonds. The maximum absolute atomic E-state index is 11.9. The second-order valence-corrected chi connectivity index (χ2v) is 5.54. The van der Waals surface area contributed by atoms with E-state index in [0.717, 1.165) is 18.5 Å². The number of aryl methyl sites for hydroxylation is 1. The predicted molar refractivity (Wildman–Crippen MR) is 92.0 cm³/mol. The zero-order chi connectivity index (χ0) is 16.5. The minimum absolute atomic E-state index is 0.0325. The van der Waals surface area contributed by atoms with E-state index in [1.807, 2.05) is 25.1 Å². The molecule has 0 spiro atoms. The van der Waals surface area contributed by atoms with Crippen LogP contribution in [0.3, 0.4) is 0 Å². The molecule has 0 saturated heterocycles. The number of hydrogen-bond donors (Lipinski definition) is 2. The van der Waals surface area contributed by atoms with Crippen molar-refractivity contribution in [3.05, 3.63) is 65.7 Å². The first kappa shape index (κ1) is 16.6. The number of amides is 1. The van der Waals surface area contributed by atoms with Gasteiger partial charge in [-0.2, -0.15) is 5.26 Å². The Bertz CT molecular complexity index is 659.